The van der Waals surface area contributed by atoms with Crippen molar-refractivity contribution in [3.8, 4) is 0 Å². The van der Waals surface area contributed by atoms with E-state index in [-0.39, 0.29) is 28.8 Å². The minimum absolute atomic E-state index is 0.0282. The SMILES string of the molecule is CCn1c(SCC(=O)Nc2cc(F)ccc2C)nnc1[C@@H](NC(=O)c1cccc([N+](=O)[O-])c1)C(C)C. The van der Waals surface area contributed by atoms with Gasteiger partial charge in [-0.25, -0.2) is 4.39 Å². The average molecular weight is 515 g/mol. The Balaban J connectivity index is 1.74. The predicted molar refractivity (Wildman–Crippen MR) is 134 cm³/mol. The van der Waals surface area contributed by atoms with Gasteiger partial charge in [0.25, 0.3) is 11.6 Å². The van der Waals surface area contributed by atoms with Crippen LogP contribution < -0.4 is 10.6 Å². The van der Waals surface area contributed by atoms with Crippen LogP contribution in [0, 0.1) is 28.8 Å². The molecule has 0 spiro atoms. The maximum Gasteiger partial charge on any atom is 0.270 e. The summed E-state index contributed by atoms with van der Waals surface area (Å²) < 4.78 is 15.3. The summed E-state index contributed by atoms with van der Waals surface area (Å²) >= 11 is 1.18. The zero-order valence-corrected chi connectivity index (χ0v) is 21.1. The molecule has 3 aromatic rings. The quantitative estimate of drug-likeness (QED) is 0.231. The number of aromatic nitrogens is 3. The number of carbonyl (C=O) groups excluding carboxylic acids is 2. The van der Waals surface area contributed by atoms with E-state index in [9.17, 15) is 24.1 Å². The molecule has 0 fully saturated rings. The Morgan fingerprint density at radius 1 is 1.19 bits per heavy atom. The van der Waals surface area contributed by atoms with Crippen molar-refractivity contribution in [3.05, 3.63) is 75.3 Å². The number of rotatable bonds is 10. The first-order chi connectivity index (χ1) is 17.1. The number of nitrogens with zero attached hydrogens (tertiary/aromatic N) is 4. The van der Waals surface area contributed by atoms with Crippen LogP contribution in [0.25, 0.3) is 0 Å². The van der Waals surface area contributed by atoms with Crippen LogP contribution >= 0.6 is 11.8 Å². The molecule has 1 heterocycles. The number of nitro groups is 1. The lowest BCUT2D eigenvalue weighted by Gasteiger charge is -2.22. The molecule has 12 heteroatoms. The molecule has 10 nitrogen and oxygen atoms in total. The van der Waals surface area contributed by atoms with Crippen molar-refractivity contribution in [2.45, 2.75) is 45.4 Å². The van der Waals surface area contributed by atoms with E-state index in [0.717, 1.165) is 5.56 Å². The van der Waals surface area contributed by atoms with Gasteiger partial charge in [-0.05, 0) is 43.5 Å². The van der Waals surface area contributed by atoms with Crippen molar-refractivity contribution in [1.29, 1.82) is 0 Å². The number of nitrogens with one attached hydrogen (secondary N) is 2. The van der Waals surface area contributed by atoms with E-state index in [1.54, 1.807) is 13.0 Å². The van der Waals surface area contributed by atoms with Crippen LogP contribution in [-0.2, 0) is 11.3 Å². The summed E-state index contributed by atoms with van der Waals surface area (Å²) in [7, 11) is 0. The zero-order chi connectivity index (χ0) is 26.4. The van der Waals surface area contributed by atoms with E-state index in [1.165, 1.54) is 48.2 Å². The summed E-state index contributed by atoms with van der Waals surface area (Å²) in [6.07, 6.45) is 0. The minimum atomic E-state index is -0.556. The summed E-state index contributed by atoms with van der Waals surface area (Å²) in [5.74, 6) is -0.761. The number of benzene rings is 2. The molecular formula is C24H27FN6O4S. The number of non-ortho nitro benzene ring substituents is 1. The molecular weight excluding hydrogens is 487 g/mol. The Hall–Kier alpha value is -3.80. The maximum absolute atomic E-state index is 13.5. The Bertz CT molecular complexity index is 1280. The molecule has 1 aromatic heterocycles. The van der Waals surface area contributed by atoms with Crippen LogP contribution in [0.3, 0.4) is 0 Å². The standard InChI is InChI=1S/C24H27FN6O4S/c1-5-30-22(21(14(2)3)27-23(33)16-7-6-8-18(11-16)31(34)35)28-29-24(30)36-13-20(32)26-19-12-17(25)10-9-15(19)4/h6-12,14,21H,5,13H2,1-4H3,(H,26,32)(H,27,33)/t21-/m0/s1. The number of aryl methyl sites for hydroxylation is 1. The van der Waals surface area contributed by atoms with Gasteiger partial charge in [-0.3, -0.25) is 19.7 Å². The largest absolute Gasteiger partial charge is 0.342 e. The number of amides is 2. The third kappa shape index (κ3) is 6.45. The van der Waals surface area contributed by atoms with Gasteiger partial charge in [0.1, 0.15) is 5.82 Å². The number of hydrogen-bond donors (Lipinski definition) is 2. The number of nitro benzene ring substituents is 1. The van der Waals surface area contributed by atoms with E-state index in [0.29, 0.717) is 23.2 Å². The van der Waals surface area contributed by atoms with E-state index in [4.69, 9.17) is 0 Å². The predicted octanol–water partition coefficient (Wildman–Crippen LogP) is 4.51. The topological polar surface area (TPSA) is 132 Å². The summed E-state index contributed by atoms with van der Waals surface area (Å²) in [4.78, 5) is 35.8. The highest BCUT2D eigenvalue weighted by atomic mass is 32.2. The van der Waals surface area contributed by atoms with Crippen molar-refractivity contribution in [1.82, 2.24) is 20.1 Å². The Morgan fingerprint density at radius 2 is 1.94 bits per heavy atom. The fourth-order valence-corrected chi connectivity index (χ4v) is 4.30. The molecule has 0 bridgehead atoms. The fraction of sp³-hybridized carbons (Fsp3) is 0.333. The fourth-order valence-electron chi connectivity index (χ4n) is 3.49. The molecule has 36 heavy (non-hydrogen) atoms. The summed E-state index contributed by atoms with van der Waals surface area (Å²) in [5, 5.41) is 25.7. The molecule has 2 aromatic carbocycles. The van der Waals surface area contributed by atoms with Crippen molar-refractivity contribution < 1.29 is 18.9 Å². The second kappa shape index (κ2) is 11.8. The lowest BCUT2D eigenvalue weighted by molar-refractivity contribution is -0.384. The van der Waals surface area contributed by atoms with E-state index in [2.05, 4.69) is 20.8 Å². The Kier molecular flexibility index (Phi) is 8.75. The van der Waals surface area contributed by atoms with Gasteiger partial charge in [-0.15, -0.1) is 10.2 Å². The first kappa shape index (κ1) is 26.8. The zero-order valence-electron chi connectivity index (χ0n) is 20.3. The van der Waals surface area contributed by atoms with E-state index >= 15 is 0 Å². The van der Waals surface area contributed by atoms with Gasteiger partial charge in [-0.2, -0.15) is 0 Å². The van der Waals surface area contributed by atoms with Gasteiger partial charge in [0, 0.05) is 29.9 Å². The second-order valence-electron chi connectivity index (χ2n) is 8.38. The van der Waals surface area contributed by atoms with Gasteiger partial charge < -0.3 is 15.2 Å². The van der Waals surface area contributed by atoms with E-state index in [1.807, 2.05) is 25.3 Å². The molecule has 2 amide bonds. The molecule has 0 unspecified atom stereocenters. The van der Waals surface area contributed by atoms with Gasteiger partial charge in [0.05, 0.1) is 16.7 Å². The molecule has 190 valence electrons. The van der Waals surface area contributed by atoms with Crippen molar-refractivity contribution in [2.24, 2.45) is 5.92 Å². The molecule has 2 N–H and O–H groups in total. The summed E-state index contributed by atoms with van der Waals surface area (Å²) in [5.41, 5.74) is 1.14. The van der Waals surface area contributed by atoms with Gasteiger partial charge in [0.15, 0.2) is 11.0 Å². The molecule has 0 aliphatic carbocycles. The van der Waals surface area contributed by atoms with Crippen molar-refractivity contribution >= 4 is 35.0 Å². The van der Waals surface area contributed by atoms with Crippen LogP contribution in [-0.4, -0.2) is 37.3 Å². The van der Waals surface area contributed by atoms with Crippen LogP contribution in [0.5, 0.6) is 0 Å². The normalized spacial score (nSPS) is 11.8. The van der Waals surface area contributed by atoms with Crippen LogP contribution in [0.4, 0.5) is 15.8 Å². The Morgan fingerprint density at radius 3 is 2.61 bits per heavy atom. The third-order valence-corrected chi connectivity index (χ3v) is 6.39. The molecule has 0 aliphatic rings. The van der Waals surface area contributed by atoms with Gasteiger partial charge >= 0.3 is 0 Å². The molecule has 1 atom stereocenters. The van der Waals surface area contributed by atoms with Crippen molar-refractivity contribution in [2.75, 3.05) is 11.1 Å². The lowest BCUT2D eigenvalue weighted by Crippen LogP contribution is -2.33. The number of halogens is 1. The van der Waals surface area contributed by atoms with Crippen molar-refractivity contribution in [3.63, 3.8) is 0 Å². The molecule has 0 saturated heterocycles. The number of carbonyl (C=O) groups is 2. The highest BCUT2D eigenvalue weighted by Crippen LogP contribution is 2.26. The van der Waals surface area contributed by atoms with E-state index < -0.39 is 22.7 Å². The van der Waals surface area contributed by atoms with Gasteiger partial charge in [0.2, 0.25) is 5.91 Å². The summed E-state index contributed by atoms with van der Waals surface area (Å²) in [6.45, 7) is 7.98. The Labute approximate surface area is 211 Å². The van der Waals surface area contributed by atoms with Crippen LogP contribution in [0.15, 0.2) is 47.6 Å². The second-order valence-corrected chi connectivity index (χ2v) is 9.33. The first-order valence-electron chi connectivity index (χ1n) is 11.3. The highest BCUT2D eigenvalue weighted by molar-refractivity contribution is 7.99. The number of hydrogen-bond acceptors (Lipinski definition) is 7. The number of thioether (sulfide) groups is 1. The van der Waals surface area contributed by atoms with Crippen LogP contribution in [0.1, 0.15) is 48.6 Å². The maximum atomic E-state index is 13.5. The molecule has 0 saturated carbocycles. The minimum Gasteiger partial charge on any atom is -0.342 e. The number of anilines is 1. The molecule has 0 radical (unpaired) electrons. The van der Waals surface area contributed by atoms with Crippen LogP contribution in [0.2, 0.25) is 0 Å². The third-order valence-electron chi connectivity index (χ3n) is 5.42. The van der Waals surface area contributed by atoms with Gasteiger partial charge in [-0.1, -0.05) is 37.7 Å². The lowest BCUT2D eigenvalue weighted by atomic mass is 10.0. The smallest absolute Gasteiger partial charge is 0.270 e. The summed E-state index contributed by atoms with van der Waals surface area (Å²) in [6, 6.07) is 9.16. The average Bonchev–Trinajstić information content (AvgIpc) is 3.25. The highest BCUT2D eigenvalue weighted by Gasteiger charge is 2.26. The first-order valence-corrected chi connectivity index (χ1v) is 12.3. The molecule has 0 aliphatic heterocycles. The monoisotopic (exact) mass is 514 g/mol. The molecule has 3 rings (SSSR count).